The standard InChI is InChI=1S/C48H36N4/c1-4-15-44-38(5-2)40-29-41-39-22-12-13-23-45(39)52(47(41)31-46(40)51(44)36-19-10-7-11-20-36)37-21-14-18-35(28-37)43-30-42(33-26-24-32(3)25-27-33)49-48(50-43)34-16-8-6-9-17-34/h4-31H,2H2,1,3H3/b15-4-. The predicted octanol–water partition coefficient (Wildman–Crippen LogP) is 12.5. The molecule has 0 atom stereocenters. The molecule has 3 heterocycles. The third-order valence-electron chi connectivity index (χ3n) is 9.89. The second kappa shape index (κ2) is 12.8. The minimum Gasteiger partial charge on any atom is -0.309 e. The van der Waals surface area contributed by atoms with Crippen molar-refractivity contribution >= 4 is 44.9 Å². The number of rotatable bonds is 7. The maximum absolute atomic E-state index is 5.15. The highest BCUT2D eigenvalue weighted by atomic mass is 15.0. The van der Waals surface area contributed by atoms with Crippen LogP contribution in [-0.2, 0) is 0 Å². The molecule has 9 aromatic rings. The second-order valence-electron chi connectivity index (χ2n) is 13.2. The van der Waals surface area contributed by atoms with Crippen LogP contribution in [0.2, 0.25) is 0 Å². The van der Waals surface area contributed by atoms with Crippen LogP contribution >= 0.6 is 0 Å². The van der Waals surface area contributed by atoms with Crippen LogP contribution in [0.15, 0.2) is 164 Å². The lowest BCUT2D eigenvalue weighted by Gasteiger charge is -2.13. The first-order valence-electron chi connectivity index (χ1n) is 17.7. The van der Waals surface area contributed by atoms with Gasteiger partial charge in [0.15, 0.2) is 5.82 Å². The number of nitrogens with zero attached hydrogens (tertiary/aromatic N) is 4. The van der Waals surface area contributed by atoms with Crippen molar-refractivity contribution in [2.75, 3.05) is 0 Å². The van der Waals surface area contributed by atoms with Crippen LogP contribution in [0.1, 0.15) is 23.7 Å². The first kappa shape index (κ1) is 31.2. The summed E-state index contributed by atoms with van der Waals surface area (Å²) in [5.74, 6) is 0.704. The number of hydrogen-bond acceptors (Lipinski definition) is 2. The molecule has 248 valence electrons. The van der Waals surface area contributed by atoms with E-state index >= 15 is 0 Å². The van der Waals surface area contributed by atoms with E-state index in [9.17, 15) is 0 Å². The van der Waals surface area contributed by atoms with Crippen LogP contribution in [0.25, 0.3) is 90.1 Å². The van der Waals surface area contributed by atoms with Crippen molar-refractivity contribution in [1.29, 1.82) is 0 Å². The Morgan fingerprint density at radius 1 is 0.519 bits per heavy atom. The molecule has 0 amide bonds. The molecule has 0 fully saturated rings. The summed E-state index contributed by atoms with van der Waals surface area (Å²) in [5.41, 5.74) is 13.9. The van der Waals surface area contributed by atoms with E-state index in [-0.39, 0.29) is 0 Å². The van der Waals surface area contributed by atoms with Gasteiger partial charge >= 0.3 is 0 Å². The summed E-state index contributed by atoms with van der Waals surface area (Å²) in [5, 5.41) is 3.58. The summed E-state index contributed by atoms with van der Waals surface area (Å²) in [4.78, 5) is 10.2. The highest BCUT2D eigenvalue weighted by molar-refractivity contribution is 6.15. The third kappa shape index (κ3) is 5.24. The van der Waals surface area contributed by atoms with Crippen molar-refractivity contribution < 1.29 is 0 Å². The van der Waals surface area contributed by atoms with Gasteiger partial charge in [0, 0.05) is 49.8 Å². The molecule has 0 unspecified atom stereocenters. The fraction of sp³-hybridized carbons (Fsp3) is 0.0417. The molecule has 52 heavy (non-hydrogen) atoms. The zero-order chi connectivity index (χ0) is 35.2. The lowest BCUT2D eigenvalue weighted by Crippen LogP contribution is -1.98. The Morgan fingerprint density at radius 2 is 1.17 bits per heavy atom. The Kier molecular flexibility index (Phi) is 7.71. The SMILES string of the molecule is C=Cc1c(/C=C\C)n(-c2ccccc2)c2cc3c(cc12)c1ccccc1n3-c1cccc(-c2cc(-c3ccc(C)cc3)nc(-c3ccccc3)n2)c1. The van der Waals surface area contributed by atoms with Gasteiger partial charge in [-0.15, -0.1) is 0 Å². The van der Waals surface area contributed by atoms with Gasteiger partial charge in [0.1, 0.15) is 0 Å². The number of benzene rings is 6. The molecule has 0 aliphatic carbocycles. The van der Waals surface area contributed by atoms with Crippen LogP contribution in [-0.4, -0.2) is 19.1 Å². The molecule has 0 aliphatic heterocycles. The maximum Gasteiger partial charge on any atom is 0.160 e. The summed E-state index contributed by atoms with van der Waals surface area (Å²) in [6.07, 6.45) is 6.27. The Balaban J connectivity index is 1.29. The van der Waals surface area contributed by atoms with Gasteiger partial charge in [-0.05, 0) is 68.5 Å². The average Bonchev–Trinajstić information content (AvgIpc) is 3.69. The number of allylic oxidation sites excluding steroid dienone is 1. The molecule has 0 saturated carbocycles. The lowest BCUT2D eigenvalue weighted by molar-refractivity contribution is 1.10. The minimum atomic E-state index is 0.704. The zero-order valence-corrected chi connectivity index (χ0v) is 29.2. The minimum absolute atomic E-state index is 0.704. The molecule has 4 nitrogen and oxygen atoms in total. The van der Waals surface area contributed by atoms with E-state index in [1.807, 2.05) is 24.3 Å². The van der Waals surface area contributed by atoms with Crippen molar-refractivity contribution in [2.24, 2.45) is 0 Å². The first-order chi connectivity index (χ1) is 25.6. The van der Waals surface area contributed by atoms with Gasteiger partial charge in [-0.3, -0.25) is 0 Å². The fourth-order valence-corrected chi connectivity index (χ4v) is 7.45. The molecule has 0 aliphatic rings. The zero-order valence-electron chi connectivity index (χ0n) is 29.2. The van der Waals surface area contributed by atoms with Gasteiger partial charge in [-0.25, -0.2) is 9.97 Å². The summed E-state index contributed by atoms with van der Waals surface area (Å²) in [7, 11) is 0. The van der Waals surface area contributed by atoms with Crippen LogP contribution in [0, 0.1) is 6.92 Å². The quantitative estimate of drug-likeness (QED) is 0.169. The number of fused-ring (bicyclic) bond motifs is 4. The summed E-state index contributed by atoms with van der Waals surface area (Å²) >= 11 is 0. The molecular formula is C48H36N4. The number of aryl methyl sites for hydroxylation is 1. The Labute approximate surface area is 303 Å². The topological polar surface area (TPSA) is 35.6 Å². The van der Waals surface area contributed by atoms with Crippen molar-refractivity contribution in [3.8, 4) is 45.3 Å². The summed E-state index contributed by atoms with van der Waals surface area (Å²) in [6, 6.07) is 53.5. The normalized spacial score (nSPS) is 11.7. The molecule has 9 rings (SSSR count). The number of aromatic nitrogens is 4. The Morgan fingerprint density at radius 3 is 1.92 bits per heavy atom. The largest absolute Gasteiger partial charge is 0.309 e. The van der Waals surface area contributed by atoms with Crippen LogP contribution < -0.4 is 0 Å². The molecule has 4 heteroatoms. The van der Waals surface area contributed by atoms with Crippen LogP contribution in [0.3, 0.4) is 0 Å². The molecule has 0 saturated heterocycles. The molecule has 0 N–H and O–H groups in total. The smallest absolute Gasteiger partial charge is 0.160 e. The molecule has 6 aromatic carbocycles. The van der Waals surface area contributed by atoms with E-state index in [0.717, 1.165) is 67.3 Å². The molecule has 3 aromatic heterocycles. The van der Waals surface area contributed by atoms with Gasteiger partial charge in [0.05, 0.1) is 33.6 Å². The monoisotopic (exact) mass is 668 g/mol. The van der Waals surface area contributed by atoms with Crippen molar-refractivity contribution in [1.82, 2.24) is 19.1 Å². The van der Waals surface area contributed by atoms with E-state index in [1.165, 1.54) is 21.7 Å². The van der Waals surface area contributed by atoms with Crippen molar-refractivity contribution in [2.45, 2.75) is 13.8 Å². The van der Waals surface area contributed by atoms with Gasteiger partial charge in [-0.2, -0.15) is 0 Å². The number of para-hydroxylation sites is 2. The first-order valence-corrected chi connectivity index (χ1v) is 17.7. The van der Waals surface area contributed by atoms with Gasteiger partial charge in [0.25, 0.3) is 0 Å². The van der Waals surface area contributed by atoms with E-state index in [4.69, 9.17) is 9.97 Å². The van der Waals surface area contributed by atoms with Gasteiger partial charge < -0.3 is 9.13 Å². The highest BCUT2D eigenvalue weighted by Gasteiger charge is 2.20. The Hall–Kier alpha value is -6.78. The third-order valence-corrected chi connectivity index (χ3v) is 9.89. The molecule has 0 spiro atoms. The van der Waals surface area contributed by atoms with E-state index in [2.05, 4.69) is 175 Å². The van der Waals surface area contributed by atoms with E-state index < -0.39 is 0 Å². The van der Waals surface area contributed by atoms with E-state index in [0.29, 0.717) is 5.82 Å². The number of hydrogen-bond donors (Lipinski definition) is 0. The van der Waals surface area contributed by atoms with Crippen LogP contribution in [0.5, 0.6) is 0 Å². The summed E-state index contributed by atoms with van der Waals surface area (Å²) < 4.78 is 4.74. The maximum atomic E-state index is 5.15. The second-order valence-corrected chi connectivity index (χ2v) is 13.2. The highest BCUT2D eigenvalue weighted by Crippen LogP contribution is 2.40. The fourth-order valence-electron chi connectivity index (χ4n) is 7.45. The van der Waals surface area contributed by atoms with Gasteiger partial charge in [0.2, 0.25) is 0 Å². The molecule has 0 radical (unpaired) electrons. The lowest BCUT2D eigenvalue weighted by atomic mass is 10.0. The molecular weight excluding hydrogens is 633 g/mol. The van der Waals surface area contributed by atoms with Crippen molar-refractivity contribution in [3.63, 3.8) is 0 Å². The van der Waals surface area contributed by atoms with Crippen molar-refractivity contribution in [3.05, 3.63) is 181 Å². The van der Waals surface area contributed by atoms with Gasteiger partial charge in [-0.1, -0.05) is 127 Å². The predicted molar refractivity (Wildman–Crippen MR) is 219 cm³/mol. The van der Waals surface area contributed by atoms with Crippen LogP contribution in [0.4, 0.5) is 0 Å². The Bertz CT molecular complexity index is 2800. The van der Waals surface area contributed by atoms with E-state index in [1.54, 1.807) is 0 Å². The molecule has 0 bridgehead atoms. The average molecular weight is 669 g/mol. The summed E-state index contributed by atoms with van der Waals surface area (Å²) in [6.45, 7) is 8.43.